The summed E-state index contributed by atoms with van der Waals surface area (Å²) in [7, 11) is -3.74. The fraction of sp³-hybridized carbons (Fsp3) is 0.200. The zero-order valence-electron chi connectivity index (χ0n) is 16.2. The third-order valence-electron chi connectivity index (χ3n) is 4.13. The molecule has 3 rings (SSSR count). The standard InChI is InChI=1S/C20H19Cl2N3O4S/c1-13-9-14(2)11-16(10-13)29-8-7-24-30(27,28)17-5-3-15(4-6-17)25-20(26)19(22)18(21)12-23-25/h3-6,9-12,24H,7-8H2,1-2H3. The van der Waals surface area contributed by atoms with Crippen LogP contribution in [0, 0.1) is 13.8 Å². The molecule has 0 aliphatic carbocycles. The Bertz CT molecular complexity index is 1210. The summed E-state index contributed by atoms with van der Waals surface area (Å²) in [5.41, 5.74) is 1.90. The third-order valence-corrected chi connectivity index (χ3v) is 6.35. The van der Waals surface area contributed by atoms with Crippen LogP contribution in [-0.4, -0.2) is 31.3 Å². The minimum atomic E-state index is -3.74. The van der Waals surface area contributed by atoms with Gasteiger partial charge in [-0.15, -0.1) is 0 Å². The molecule has 30 heavy (non-hydrogen) atoms. The maximum Gasteiger partial charge on any atom is 0.291 e. The van der Waals surface area contributed by atoms with Gasteiger partial charge in [0.05, 0.1) is 21.8 Å². The van der Waals surface area contributed by atoms with E-state index in [1.54, 1.807) is 0 Å². The second-order valence-electron chi connectivity index (χ2n) is 6.59. The lowest BCUT2D eigenvalue weighted by Gasteiger charge is -2.10. The average Bonchev–Trinajstić information content (AvgIpc) is 2.69. The number of nitrogens with zero attached hydrogens (tertiary/aromatic N) is 2. The summed E-state index contributed by atoms with van der Waals surface area (Å²) in [5.74, 6) is 0.690. The number of benzene rings is 2. The van der Waals surface area contributed by atoms with E-state index in [9.17, 15) is 13.2 Å². The summed E-state index contributed by atoms with van der Waals surface area (Å²) in [6, 6.07) is 11.5. The molecule has 0 aliphatic heterocycles. The van der Waals surface area contributed by atoms with Gasteiger partial charge in [-0.3, -0.25) is 4.79 Å². The largest absolute Gasteiger partial charge is 0.492 e. The van der Waals surface area contributed by atoms with Crippen molar-refractivity contribution in [3.8, 4) is 11.4 Å². The molecule has 1 N–H and O–H groups in total. The molecule has 0 bridgehead atoms. The molecule has 0 amide bonds. The van der Waals surface area contributed by atoms with E-state index >= 15 is 0 Å². The number of nitrogens with one attached hydrogen (secondary N) is 1. The van der Waals surface area contributed by atoms with Crippen LogP contribution in [0.1, 0.15) is 11.1 Å². The van der Waals surface area contributed by atoms with Crippen molar-refractivity contribution in [2.45, 2.75) is 18.7 Å². The smallest absolute Gasteiger partial charge is 0.291 e. The van der Waals surface area contributed by atoms with Gasteiger partial charge < -0.3 is 4.74 Å². The van der Waals surface area contributed by atoms with E-state index in [-0.39, 0.29) is 28.1 Å². The van der Waals surface area contributed by atoms with Crippen molar-refractivity contribution in [2.75, 3.05) is 13.2 Å². The lowest BCUT2D eigenvalue weighted by Crippen LogP contribution is -2.28. The Kier molecular flexibility index (Phi) is 6.82. The lowest BCUT2D eigenvalue weighted by atomic mass is 10.1. The highest BCUT2D eigenvalue weighted by atomic mass is 35.5. The molecule has 0 fully saturated rings. The number of halogens is 2. The van der Waals surface area contributed by atoms with Crippen LogP contribution in [-0.2, 0) is 10.0 Å². The molecule has 0 saturated heterocycles. The normalized spacial score (nSPS) is 11.5. The van der Waals surface area contributed by atoms with E-state index < -0.39 is 15.6 Å². The summed E-state index contributed by atoms with van der Waals surface area (Å²) < 4.78 is 34.1. The van der Waals surface area contributed by atoms with Gasteiger partial charge in [0.1, 0.15) is 17.4 Å². The van der Waals surface area contributed by atoms with Gasteiger partial charge in [-0.25, -0.2) is 13.1 Å². The highest BCUT2D eigenvalue weighted by Gasteiger charge is 2.15. The molecular formula is C20H19Cl2N3O4S. The lowest BCUT2D eigenvalue weighted by molar-refractivity contribution is 0.322. The van der Waals surface area contributed by atoms with Gasteiger partial charge in [0.25, 0.3) is 5.56 Å². The van der Waals surface area contributed by atoms with Crippen LogP contribution < -0.4 is 15.0 Å². The first-order valence-corrected chi connectivity index (χ1v) is 11.2. The second-order valence-corrected chi connectivity index (χ2v) is 9.14. The van der Waals surface area contributed by atoms with Crippen molar-refractivity contribution in [1.29, 1.82) is 0 Å². The van der Waals surface area contributed by atoms with Gasteiger partial charge in [0, 0.05) is 6.54 Å². The van der Waals surface area contributed by atoms with Crippen LogP contribution in [0.15, 0.2) is 58.4 Å². The van der Waals surface area contributed by atoms with E-state index in [1.165, 1.54) is 30.5 Å². The van der Waals surface area contributed by atoms with E-state index in [2.05, 4.69) is 9.82 Å². The van der Waals surface area contributed by atoms with Crippen LogP contribution in [0.4, 0.5) is 0 Å². The Labute approximate surface area is 184 Å². The number of aryl methyl sites for hydroxylation is 2. The number of hydrogen-bond donors (Lipinski definition) is 1. The summed E-state index contributed by atoms with van der Waals surface area (Å²) in [5, 5.41) is 3.80. The molecule has 1 heterocycles. The number of sulfonamides is 1. The molecule has 0 unspecified atom stereocenters. The summed E-state index contributed by atoms with van der Waals surface area (Å²) in [4.78, 5) is 12.2. The molecular weight excluding hydrogens is 449 g/mol. The van der Waals surface area contributed by atoms with Crippen LogP contribution in [0.25, 0.3) is 5.69 Å². The first-order valence-electron chi connectivity index (χ1n) is 8.92. The number of rotatable bonds is 7. The van der Waals surface area contributed by atoms with Crippen molar-refractivity contribution in [1.82, 2.24) is 14.5 Å². The third kappa shape index (κ3) is 5.20. The van der Waals surface area contributed by atoms with Crippen LogP contribution in [0.2, 0.25) is 10.0 Å². The molecule has 3 aromatic rings. The predicted octanol–water partition coefficient (Wildman–Crippen LogP) is 3.51. The highest BCUT2D eigenvalue weighted by Crippen LogP contribution is 2.18. The molecule has 1 aromatic heterocycles. The van der Waals surface area contributed by atoms with Crippen LogP contribution >= 0.6 is 23.2 Å². The molecule has 0 atom stereocenters. The summed E-state index contributed by atoms with van der Waals surface area (Å²) in [6.07, 6.45) is 1.24. The van der Waals surface area contributed by atoms with Gasteiger partial charge in [0.15, 0.2) is 0 Å². The minimum Gasteiger partial charge on any atom is -0.492 e. The Morgan fingerprint density at radius 1 is 1.07 bits per heavy atom. The van der Waals surface area contributed by atoms with E-state index in [1.807, 2.05) is 32.0 Å². The van der Waals surface area contributed by atoms with Crippen molar-refractivity contribution in [3.63, 3.8) is 0 Å². The summed E-state index contributed by atoms with van der Waals surface area (Å²) >= 11 is 11.6. The fourth-order valence-corrected chi connectivity index (χ4v) is 4.07. The molecule has 158 valence electrons. The maximum atomic E-state index is 12.5. The Balaban J connectivity index is 1.65. The fourth-order valence-electron chi connectivity index (χ4n) is 2.81. The van der Waals surface area contributed by atoms with Crippen LogP contribution in [0.5, 0.6) is 5.75 Å². The average molecular weight is 468 g/mol. The quantitative estimate of drug-likeness (QED) is 0.536. The minimum absolute atomic E-state index is 0.0457. The van der Waals surface area contributed by atoms with Gasteiger partial charge in [-0.1, -0.05) is 29.3 Å². The zero-order valence-corrected chi connectivity index (χ0v) is 18.6. The zero-order chi connectivity index (χ0) is 21.9. The van der Waals surface area contributed by atoms with E-state index in [4.69, 9.17) is 27.9 Å². The van der Waals surface area contributed by atoms with Gasteiger partial charge >= 0.3 is 0 Å². The maximum absolute atomic E-state index is 12.5. The first kappa shape index (κ1) is 22.3. The molecule has 10 heteroatoms. The Hall–Kier alpha value is -2.39. The SMILES string of the molecule is Cc1cc(C)cc(OCCNS(=O)(=O)c2ccc(-n3ncc(Cl)c(Cl)c3=O)cc2)c1. The molecule has 0 radical (unpaired) electrons. The van der Waals surface area contributed by atoms with Crippen molar-refractivity contribution in [2.24, 2.45) is 0 Å². The Morgan fingerprint density at radius 2 is 1.70 bits per heavy atom. The van der Waals surface area contributed by atoms with Gasteiger partial charge in [0.2, 0.25) is 10.0 Å². The summed E-state index contributed by atoms with van der Waals surface area (Å²) in [6.45, 7) is 4.22. The molecule has 7 nitrogen and oxygen atoms in total. The van der Waals surface area contributed by atoms with Crippen LogP contribution in [0.3, 0.4) is 0 Å². The van der Waals surface area contributed by atoms with Crippen molar-refractivity contribution in [3.05, 3.63) is 80.2 Å². The number of hydrogen-bond acceptors (Lipinski definition) is 5. The molecule has 0 aliphatic rings. The van der Waals surface area contributed by atoms with E-state index in [0.717, 1.165) is 15.8 Å². The topological polar surface area (TPSA) is 90.3 Å². The molecule has 2 aromatic carbocycles. The van der Waals surface area contributed by atoms with Gasteiger partial charge in [-0.05, 0) is 61.4 Å². The monoisotopic (exact) mass is 467 g/mol. The van der Waals surface area contributed by atoms with E-state index in [0.29, 0.717) is 11.4 Å². The van der Waals surface area contributed by atoms with Crippen molar-refractivity contribution < 1.29 is 13.2 Å². The second kappa shape index (κ2) is 9.18. The predicted molar refractivity (Wildman–Crippen MR) is 116 cm³/mol. The first-order chi connectivity index (χ1) is 14.2. The van der Waals surface area contributed by atoms with Crippen molar-refractivity contribution >= 4 is 33.2 Å². The van der Waals surface area contributed by atoms with Gasteiger partial charge in [-0.2, -0.15) is 9.78 Å². The number of ether oxygens (including phenoxy) is 1. The molecule has 0 saturated carbocycles. The number of aromatic nitrogens is 2. The highest BCUT2D eigenvalue weighted by molar-refractivity contribution is 7.89. The molecule has 0 spiro atoms. The Morgan fingerprint density at radius 3 is 2.33 bits per heavy atom.